The molecule has 1 aromatic rings. The molecule has 1 aliphatic carbocycles. The minimum atomic E-state index is -4.19. The Morgan fingerprint density at radius 1 is 1.42 bits per heavy atom. The van der Waals surface area contributed by atoms with Gasteiger partial charge < -0.3 is 15.2 Å². The number of nitrogens with one attached hydrogen (secondary N) is 2. The van der Waals surface area contributed by atoms with E-state index in [0.717, 1.165) is 26.2 Å². The number of nitrogens with zero attached hydrogens (tertiary/aromatic N) is 1. The summed E-state index contributed by atoms with van der Waals surface area (Å²) in [4.78, 5) is 11.4. The number of halogens is 1. The molecule has 0 radical (unpaired) electrons. The van der Waals surface area contributed by atoms with E-state index in [-0.39, 0.29) is 6.04 Å². The number of phenols is 1. The predicted octanol–water partition coefficient (Wildman–Crippen LogP) is -0.194. The first-order chi connectivity index (χ1) is 12.3. The van der Waals surface area contributed by atoms with Crippen LogP contribution in [0.1, 0.15) is 17.5 Å². The molecule has 26 heavy (non-hydrogen) atoms. The Morgan fingerprint density at radius 3 is 2.81 bits per heavy atom. The van der Waals surface area contributed by atoms with Gasteiger partial charge in [-0.1, -0.05) is 0 Å². The zero-order chi connectivity index (χ0) is 18.5. The quantitative estimate of drug-likeness (QED) is 0.663. The first kappa shape index (κ1) is 17.5. The van der Waals surface area contributed by atoms with Crippen LogP contribution in [0.15, 0.2) is 6.07 Å². The summed E-state index contributed by atoms with van der Waals surface area (Å²) in [6.07, 6.45) is 1.79. The Kier molecular flexibility index (Phi) is 4.28. The molecule has 0 saturated carbocycles. The Hall–Kier alpha value is -1.91. The van der Waals surface area contributed by atoms with Gasteiger partial charge in [0.25, 0.3) is 5.91 Å². The molecule has 0 unspecified atom stereocenters. The van der Waals surface area contributed by atoms with Gasteiger partial charge in [0.1, 0.15) is 18.0 Å². The molecule has 2 heterocycles. The molecule has 3 N–H and O–H groups in total. The first-order valence-corrected chi connectivity index (χ1v) is 9.97. The lowest BCUT2D eigenvalue weighted by atomic mass is 9.86. The lowest BCUT2D eigenvalue weighted by Gasteiger charge is -2.31. The van der Waals surface area contributed by atoms with Crippen LogP contribution in [-0.2, 0) is 32.6 Å². The summed E-state index contributed by atoms with van der Waals surface area (Å²) in [6.45, 7) is 1.72. The number of carbonyl (C=O) groups excluding carboxylic acids is 1. The number of carbonyl (C=O) groups is 1. The van der Waals surface area contributed by atoms with Gasteiger partial charge >= 0.3 is 10.2 Å². The van der Waals surface area contributed by atoms with Crippen molar-refractivity contribution in [3.8, 4) is 5.75 Å². The van der Waals surface area contributed by atoms with Gasteiger partial charge in [-0.05, 0) is 36.5 Å². The third-order valence-corrected chi connectivity index (χ3v) is 6.48. The fourth-order valence-corrected chi connectivity index (χ4v) is 4.80. The van der Waals surface area contributed by atoms with Crippen molar-refractivity contribution >= 4 is 21.8 Å². The molecule has 142 valence electrons. The number of hydrogen-bond acceptors (Lipinski definition) is 6. The topological polar surface area (TPSA) is 108 Å². The van der Waals surface area contributed by atoms with Crippen molar-refractivity contribution in [2.75, 3.05) is 30.6 Å². The molecule has 1 amide bonds. The fourth-order valence-electron chi connectivity index (χ4n) is 3.63. The lowest BCUT2D eigenvalue weighted by molar-refractivity contribution is -0.117. The van der Waals surface area contributed by atoms with E-state index >= 15 is 4.39 Å². The lowest BCUT2D eigenvalue weighted by Crippen LogP contribution is -2.43. The number of aromatic hydroxyl groups is 1. The van der Waals surface area contributed by atoms with E-state index in [1.165, 1.54) is 6.07 Å². The second-order valence-corrected chi connectivity index (χ2v) is 8.58. The SMILES string of the molecule is O=C1CN(c2c(O)cc3c(c2F)C[C@H](NCC2COC2)CC3)S(=O)(=O)N1. The van der Waals surface area contributed by atoms with Crippen molar-refractivity contribution in [3.63, 3.8) is 0 Å². The molecule has 2 aliphatic heterocycles. The monoisotopic (exact) mass is 385 g/mol. The van der Waals surface area contributed by atoms with Gasteiger partial charge in [0.15, 0.2) is 5.82 Å². The van der Waals surface area contributed by atoms with E-state index in [9.17, 15) is 18.3 Å². The summed E-state index contributed by atoms with van der Waals surface area (Å²) in [7, 11) is -4.19. The number of amides is 1. The normalized spacial score (nSPS) is 24.9. The molecule has 0 bridgehead atoms. The molecule has 1 atom stereocenters. The Labute approximate surface area is 150 Å². The van der Waals surface area contributed by atoms with Crippen molar-refractivity contribution in [3.05, 3.63) is 23.0 Å². The maximum Gasteiger partial charge on any atom is 0.326 e. The summed E-state index contributed by atoms with van der Waals surface area (Å²) < 4.78 is 46.7. The molecular weight excluding hydrogens is 365 g/mol. The molecule has 2 saturated heterocycles. The highest BCUT2D eigenvalue weighted by molar-refractivity contribution is 7.92. The molecular formula is C16H20FN3O5S. The summed E-state index contributed by atoms with van der Waals surface area (Å²) in [6, 6.07) is 1.48. The molecule has 0 aromatic heterocycles. The molecule has 4 rings (SSSR count). The predicted molar refractivity (Wildman–Crippen MR) is 90.6 cm³/mol. The van der Waals surface area contributed by atoms with Gasteiger partial charge in [0, 0.05) is 18.5 Å². The van der Waals surface area contributed by atoms with Gasteiger partial charge in [0.05, 0.1) is 13.2 Å². The molecule has 0 spiro atoms. The summed E-state index contributed by atoms with van der Waals surface area (Å²) in [5.41, 5.74) is 0.598. The highest BCUT2D eigenvalue weighted by Gasteiger charge is 2.39. The maximum atomic E-state index is 15.1. The van der Waals surface area contributed by atoms with Crippen LogP contribution in [0.3, 0.4) is 0 Å². The number of hydrogen-bond donors (Lipinski definition) is 3. The van der Waals surface area contributed by atoms with Gasteiger partial charge in [-0.25, -0.2) is 13.4 Å². The molecule has 10 heteroatoms. The van der Waals surface area contributed by atoms with Crippen LogP contribution < -0.4 is 14.3 Å². The van der Waals surface area contributed by atoms with E-state index in [2.05, 4.69) is 5.32 Å². The molecule has 8 nitrogen and oxygen atoms in total. The average molecular weight is 385 g/mol. The van der Waals surface area contributed by atoms with Crippen LogP contribution in [0.2, 0.25) is 0 Å². The Bertz CT molecular complexity index is 856. The largest absolute Gasteiger partial charge is 0.506 e. The standard InChI is InChI=1S/C16H20FN3O5S/c17-15-12-4-11(18-5-9-7-25-8-9)2-1-10(12)3-13(21)16(15)20-6-14(22)19-26(20,23)24/h3,9,11,18,21H,1-2,4-8H2,(H,19,22)/t11-/m1/s1. The minimum Gasteiger partial charge on any atom is -0.506 e. The second-order valence-electron chi connectivity index (χ2n) is 6.98. The summed E-state index contributed by atoms with van der Waals surface area (Å²) >= 11 is 0. The van der Waals surface area contributed by atoms with Crippen LogP contribution in [-0.4, -0.2) is 51.8 Å². The fraction of sp³-hybridized carbons (Fsp3) is 0.562. The minimum absolute atomic E-state index is 0.0740. The summed E-state index contributed by atoms with van der Waals surface area (Å²) in [5.74, 6) is -1.54. The number of rotatable bonds is 4. The van der Waals surface area contributed by atoms with E-state index < -0.39 is 39.9 Å². The first-order valence-electron chi connectivity index (χ1n) is 8.53. The Balaban J connectivity index is 1.61. The van der Waals surface area contributed by atoms with Crippen LogP contribution >= 0.6 is 0 Å². The Morgan fingerprint density at radius 2 is 2.19 bits per heavy atom. The second kappa shape index (κ2) is 6.36. The van der Waals surface area contributed by atoms with Gasteiger partial charge in [0.2, 0.25) is 0 Å². The molecule has 3 aliphatic rings. The smallest absolute Gasteiger partial charge is 0.326 e. The zero-order valence-corrected chi connectivity index (χ0v) is 14.8. The number of fused-ring (bicyclic) bond motifs is 1. The summed E-state index contributed by atoms with van der Waals surface area (Å²) in [5, 5.41) is 13.6. The van der Waals surface area contributed by atoms with Crippen molar-refractivity contribution in [2.45, 2.75) is 25.3 Å². The van der Waals surface area contributed by atoms with Gasteiger partial charge in [-0.15, -0.1) is 0 Å². The maximum absolute atomic E-state index is 15.1. The van der Waals surface area contributed by atoms with Crippen molar-refractivity contribution in [1.82, 2.24) is 10.0 Å². The van der Waals surface area contributed by atoms with Crippen LogP contribution in [0, 0.1) is 11.7 Å². The highest BCUT2D eigenvalue weighted by Crippen LogP contribution is 2.39. The van der Waals surface area contributed by atoms with Crippen LogP contribution in [0.5, 0.6) is 5.75 Å². The van der Waals surface area contributed by atoms with Crippen LogP contribution in [0.4, 0.5) is 10.1 Å². The number of anilines is 1. The molecule has 2 fully saturated rings. The van der Waals surface area contributed by atoms with Crippen molar-refractivity contribution in [2.24, 2.45) is 5.92 Å². The number of phenolic OH excluding ortho intramolecular Hbond substituents is 1. The van der Waals surface area contributed by atoms with E-state index in [4.69, 9.17) is 4.74 Å². The number of benzene rings is 1. The number of aryl methyl sites for hydroxylation is 1. The highest BCUT2D eigenvalue weighted by atomic mass is 32.2. The van der Waals surface area contributed by atoms with E-state index in [1.807, 2.05) is 0 Å². The number of ether oxygens (including phenoxy) is 1. The van der Waals surface area contributed by atoms with E-state index in [1.54, 1.807) is 4.72 Å². The van der Waals surface area contributed by atoms with Crippen molar-refractivity contribution < 1.29 is 27.4 Å². The van der Waals surface area contributed by atoms with Crippen LogP contribution in [0.25, 0.3) is 0 Å². The molecule has 1 aromatic carbocycles. The third-order valence-electron chi connectivity index (χ3n) is 5.10. The van der Waals surface area contributed by atoms with E-state index in [0.29, 0.717) is 34.2 Å². The third kappa shape index (κ3) is 3.01. The average Bonchev–Trinajstić information content (AvgIpc) is 2.79. The zero-order valence-electron chi connectivity index (χ0n) is 14.0. The van der Waals surface area contributed by atoms with Crippen molar-refractivity contribution in [1.29, 1.82) is 0 Å². The van der Waals surface area contributed by atoms with Gasteiger partial charge in [-0.3, -0.25) is 4.79 Å². The van der Waals surface area contributed by atoms with Gasteiger partial charge in [-0.2, -0.15) is 8.42 Å².